The third kappa shape index (κ3) is 4.35. The fourth-order valence-electron chi connectivity index (χ4n) is 4.07. The van der Waals surface area contributed by atoms with E-state index in [-0.39, 0.29) is 0 Å². The Balaban J connectivity index is 1.50. The highest BCUT2D eigenvalue weighted by atomic mass is 32.1. The third-order valence-corrected chi connectivity index (χ3v) is 6.42. The van der Waals surface area contributed by atoms with Crippen LogP contribution in [0, 0.1) is 0 Å². The van der Waals surface area contributed by atoms with Crippen molar-refractivity contribution in [3.8, 4) is 17.0 Å². The Hall–Kier alpha value is -3.47. The van der Waals surface area contributed by atoms with Crippen molar-refractivity contribution in [2.24, 2.45) is 0 Å². The molecule has 7 nitrogen and oxygen atoms in total. The number of methoxy groups -OCH3 is 1. The average molecular weight is 487 g/mol. The van der Waals surface area contributed by atoms with E-state index in [1.165, 1.54) is 17.4 Å². The molecule has 11 heteroatoms. The number of halogens is 3. The standard InChI is InChI=1S/C23H21F3N6OS/c1-33-19-5-7-27-22(30-19)32-9-2-8-31(10-11-32)21-16-3-4-18(23(24,25)26)29-20(16)17(13-28-21)15-6-12-34-14-15/h3-7,12-14H,2,8-11H2,1H3. The van der Waals surface area contributed by atoms with Gasteiger partial charge in [0.25, 0.3) is 0 Å². The lowest BCUT2D eigenvalue weighted by atomic mass is 10.1. The maximum Gasteiger partial charge on any atom is 0.433 e. The number of thiophene rings is 1. The minimum Gasteiger partial charge on any atom is -0.481 e. The molecular weight excluding hydrogens is 465 g/mol. The van der Waals surface area contributed by atoms with Crippen LogP contribution in [0.25, 0.3) is 22.0 Å². The van der Waals surface area contributed by atoms with Crippen molar-refractivity contribution in [1.29, 1.82) is 0 Å². The summed E-state index contributed by atoms with van der Waals surface area (Å²) in [5.41, 5.74) is 0.784. The minimum atomic E-state index is -4.52. The second-order valence-electron chi connectivity index (χ2n) is 7.82. The van der Waals surface area contributed by atoms with E-state index in [4.69, 9.17) is 4.74 Å². The maximum absolute atomic E-state index is 13.4. The summed E-state index contributed by atoms with van der Waals surface area (Å²) in [4.78, 5) is 21.7. The number of anilines is 2. The lowest BCUT2D eigenvalue weighted by molar-refractivity contribution is -0.140. The number of pyridine rings is 2. The van der Waals surface area contributed by atoms with Gasteiger partial charge in [0.05, 0.1) is 12.6 Å². The monoisotopic (exact) mass is 486 g/mol. The highest BCUT2D eigenvalue weighted by Gasteiger charge is 2.33. The number of alkyl halides is 3. The molecule has 5 rings (SSSR count). The van der Waals surface area contributed by atoms with Crippen molar-refractivity contribution in [3.05, 3.63) is 53.1 Å². The van der Waals surface area contributed by atoms with E-state index in [0.29, 0.717) is 53.7 Å². The lowest BCUT2D eigenvalue weighted by Crippen LogP contribution is -2.32. The molecule has 5 heterocycles. The summed E-state index contributed by atoms with van der Waals surface area (Å²) in [6.07, 6.45) is -0.430. The molecule has 1 aliphatic rings. The molecule has 0 unspecified atom stereocenters. The van der Waals surface area contributed by atoms with Gasteiger partial charge in [-0.3, -0.25) is 0 Å². The van der Waals surface area contributed by atoms with E-state index >= 15 is 0 Å². The third-order valence-electron chi connectivity index (χ3n) is 5.73. The highest BCUT2D eigenvalue weighted by molar-refractivity contribution is 7.08. The summed E-state index contributed by atoms with van der Waals surface area (Å²) in [5.74, 6) is 1.71. The van der Waals surface area contributed by atoms with Gasteiger partial charge in [-0.25, -0.2) is 15.0 Å². The van der Waals surface area contributed by atoms with Crippen LogP contribution >= 0.6 is 11.3 Å². The first-order valence-electron chi connectivity index (χ1n) is 10.7. The Bertz CT molecular complexity index is 1300. The Morgan fingerprint density at radius 2 is 1.79 bits per heavy atom. The zero-order chi connectivity index (χ0) is 23.7. The molecule has 1 fully saturated rings. The Labute approximate surface area is 197 Å². The van der Waals surface area contributed by atoms with Crippen LogP contribution in [-0.4, -0.2) is 53.2 Å². The summed E-state index contributed by atoms with van der Waals surface area (Å²) in [5, 5.41) is 4.37. The lowest BCUT2D eigenvalue weighted by Gasteiger charge is -2.24. The largest absolute Gasteiger partial charge is 0.481 e. The summed E-state index contributed by atoms with van der Waals surface area (Å²) in [6.45, 7) is 2.69. The van der Waals surface area contributed by atoms with Crippen LogP contribution in [0.1, 0.15) is 12.1 Å². The predicted molar refractivity (Wildman–Crippen MR) is 125 cm³/mol. The molecule has 1 aliphatic heterocycles. The number of nitrogens with zero attached hydrogens (tertiary/aromatic N) is 6. The van der Waals surface area contributed by atoms with Gasteiger partial charge in [-0.15, -0.1) is 0 Å². The minimum absolute atomic E-state index is 0.301. The van der Waals surface area contributed by atoms with E-state index in [1.807, 2.05) is 16.8 Å². The van der Waals surface area contributed by atoms with Gasteiger partial charge in [0.2, 0.25) is 11.8 Å². The molecule has 176 valence electrons. The average Bonchev–Trinajstić information content (AvgIpc) is 3.27. The van der Waals surface area contributed by atoms with Crippen molar-refractivity contribution in [1.82, 2.24) is 19.9 Å². The highest BCUT2D eigenvalue weighted by Crippen LogP contribution is 2.36. The van der Waals surface area contributed by atoms with Crippen LogP contribution in [0.3, 0.4) is 0 Å². The number of aromatic nitrogens is 4. The summed E-state index contributed by atoms with van der Waals surface area (Å²) < 4.78 is 45.5. The maximum atomic E-state index is 13.4. The molecule has 34 heavy (non-hydrogen) atoms. The summed E-state index contributed by atoms with van der Waals surface area (Å²) >= 11 is 1.47. The molecule has 0 saturated carbocycles. The van der Waals surface area contributed by atoms with Crippen LogP contribution in [0.15, 0.2) is 47.4 Å². The quantitative estimate of drug-likeness (QED) is 0.407. The Kier molecular flexibility index (Phi) is 5.94. The van der Waals surface area contributed by atoms with Crippen molar-refractivity contribution in [2.45, 2.75) is 12.6 Å². The van der Waals surface area contributed by atoms with Crippen molar-refractivity contribution < 1.29 is 17.9 Å². The number of hydrogen-bond donors (Lipinski definition) is 0. The smallest absolute Gasteiger partial charge is 0.433 e. The second-order valence-corrected chi connectivity index (χ2v) is 8.60. The van der Waals surface area contributed by atoms with Gasteiger partial charge in [-0.05, 0) is 40.9 Å². The van der Waals surface area contributed by atoms with Gasteiger partial charge in [0.1, 0.15) is 11.5 Å². The van der Waals surface area contributed by atoms with E-state index in [9.17, 15) is 13.2 Å². The number of fused-ring (bicyclic) bond motifs is 1. The van der Waals surface area contributed by atoms with Crippen LogP contribution in [0.5, 0.6) is 5.88 Å². The molecule has 0 atom stereocenters. The number of ether oxygens (including phenoxy) is 1. The van der Waals surface area contributed by atoms with Gasteiger partial charge in [0.15, 0.2) is 0 Å². The van der Waals surface area contributed by atoms with Crippen LogP contribution in [-0.2, 0) is 6.18 Å². The molecule has 4 aromatic heterocycles. The SMILES string of the molecule is COc1ccnc(N2CCCN(c3ncc(-c4ccsc4)c4nc(C(F)(F)F)ccc34)CC2)n1. The molecule has 0 aromatic carbocycles. The predicted octanol–water partition coefficient (Wildman–Crippen LogP) is 4.89. The summed E-state index contributed by atoms with van der Waals surface area (Å²) in [6, 6.07) is 6.07. The Morgan fingerprint density at radius 3 is 2.56 bits per heavy atom. The Morgan fingerprint density at radius 1 is 0.971 bits per heavy atom. The van der Waals surface area contributed by atoms with Gasteiger partial charge in [-0.2, -0.15) is 29.5 Å². The van der Waals surface area contributed by atoms with Crippen molar-refractivity contribution in [2.75, 3.05) is 43.1 Å². The zero-order valence-electron chi connectivity index (χ0n) is 18.3. The van der Waals surface area contributed by atoms with Crippen LogP contribution < -0.4 is 14.5 Å². The first-order chi connectivity index (χ1) is 16.4. The van der Waals surface area contributed by atoms with Crippen LogP contribution in [0.4, 0.5) is 24.9 Å². The number of rotatable bonds is 4. The molecule has 4 aromatic rings. The molecule has 0 spiro atoms. The first-order valence-corrected chi connectivity index (χ1v) is 11.6. The molecule has 0 aliphatic carbocycles. The van der Waals surface area contributed by atoms with Gasteiger partial charge in [0, 0.05) is 55.6 Å². The molecule has 0 N–H and O–H groups in total. The fraction of sp³-hybridized carbons (Fsp3) is 0.304. The van der Waals surface area contributed by atoms with Crippen molar-refractivity contribution >= 4 is 34.0 Å². The van der Waals surface area contributed by atoms with Crippen molar-refractivity contribution in [3.63, 3.8) is 0 Å². The fourth-order valence-corrected chi connectivity index (χ4v) is 4.72. The normalized spacial score (nSPS) is 14.9. The second kappa shape index (κ2) is 9.05. The molecule has 1 saturated heterocycles. The van der Waals surface area contributed by atoms with Gasteiger partial charge >= 0.3 is 6.18 Å². The molecule has 0 bridgehead atoms. The number of hydrogen-bond acceptors (Lipinski definition) is 8. The van der Waals surface area contributed by atoms with E-state index in [2.05, 4.69) is 29.7 Å². The van der Waals surface area contributed by atoms with Gasteiger partial charge in [-0.1, -0.05) is 0 Å². The molecule has 0 amide bonds. The molecular formula is C23H21F3N6OS. The van der Waals surface area contributed by atoms with E-state index in [0.717, 1.165) is 24.6 Å². The first kappa shape index (κ1) is 22.3. The van der Waals surface area contributed by atoms with E-state index in [1.54, 1.807) is 25.6 Å². The topological polar surface area (TPSA) is 67.3 Å². The van der Waals surface area contributed by atoms with Crippen LogP contribution in [0.2, 0.25) is 0 Å². The van der Waals surface area contributed by atoms with Gasteiger partial charge < -0.3 is 14.5 Å². The zero-order valence-corrected chi connectivity index (χ0v) is 19.1. The van der Waals surface area contributed by atoms with E-state index < -0.39 is 11.9 Å². The molecule has 0 radical (unpaired) electrons. The summed E-state index contributed by atoms with van der Waals surface area (Å²) in [7, 11) is 1.56.